The van der Waals surface area contributed by atoms with Gasteiger partial charge in [-0.05, 0) is 37.6 Å². The quantitative estimate of drug-likeness (QED) is 0.629. The molecule has 0 saturated heterocycles. The normalized spacial score (nSPS) is 10.0. The molecule has 0 atom stereocenters. The third kappa shape index (κ3) is 3.99. The maximum absolute atomic E-state index is 11.3. The van der Waals surface area contributed by atoms with Crippen molar-refractivity contribution < 1.29 is 19.0 Å². The maximum Gasteiger partial charge on any atom is 0.513 e. The Kier molecular flexibility index (Phi) is 4.82. The van der Waals surface area contributed by atoms with E-state index in [1.165, 1.54) is 12.7 Å². The highest BCUT2D eigenvalue weighted by Gasteiger charge is 2.12. The Morgan fingerprint density at radius 2 is 1.76 bits per heavy atom. The fourth-order valence-electron chi connectivity index (χ4n) is 1.88. The summed E-state index contributed by atoms with van der Waals surface area (Å²) in [5.74, 6) is 1.22. The van der Waals surface area contributed by atoms with Crippen molar-refractivity contribution in [3.63, 3.8) is 0 Å². The average Bonchev–Trinajstić information content (AvgIpc) is 2.48. The first-order valence-electron chi connectivity index (χ1n) is 6.64. The van der Waals surface area contributed by atoms with Crippen LogP contribution in [0.2, 0.25) is 0 Å². The van der Waals surface area contributed by atoms with E-state index in [1.54, 1.807) is 6.07 Å². The molecule has 2 aromatic carbocycles. The van der Waals surface area contributed by atoms with Crippen molar-refractivity contribution in [2.75, 3.05) is 7.11 Å². The molecule has 21 heavy (non-hydrogen) atoms. The maximum atomic E-state index is 11.3. The van der Waals surface area contributed by atoms with Crippen LogP contribution in [0, 0.1) is 13.8 Å². The Bertz CT molecular complexity index is 617. The van der Waals surface area contributed by atoms with Crippen molar-refractivity contribution in [2.24, 2.45) is 0 Å². The highest BCUT2D eigenvalue weighted by Crippen LogP contribution is 2.24. The Balaban J connectivity index is 2.14. The summed E-state index contributed by atoms with van der Waals surface area (Å²) >= 11 is 0. The molecular weight excluding hydrogens is 268 g/mol. The molecule has 2 aromatic rings. The summed E-state index contributed by atoms with van der Waals surface area (Å²) in [5.41, 5.74) is 2.99. The summed E-state index contributed by atoms with van der Waals surface area (Å²) in [7, 11) is 1.28. The van der Waals surface area contributed by atoms with Gasteiger partial charge in [0.1, 0.15) is 18.1 Å². The molecule has 0 bridgehead atoms. The minimum Gasteiger partial charge on any atom is -0.489 e. The van der Waals surface area contributed by atoms with Gasteiger partial charge in [0.25, 0.3) is 0 Å². The minimum absolute atomic E-state index is 0.321. The predicted molar refractivity (Wildman–Crippen MR) is 79.7 cm³/mol. The van der Waals surface area contributed by atoms with E-state index < -0.39 is 6.16 Å². The van der Waals surface area contributed by atoms with E-state index in [0.717, 1.165) is 16.9 Å². The van der Waals surface area contributed by atoms with Gasteiger partial charge >= 0.3 is 6.16 Å². The van der Waals surface area contributed by atoms with Gasteiger partial charge in [-0.2, -0.15) is 0 Å². The zero-order valence-electron chi connectivity index (χ0n) is 12.4. The summed E-state index contributed by atoms with van der Waals surface area (Å²) in [6.07, 6.45) is -0.739. The van der Waals surface area contributed by atoms with Gasteiger partial charge in [0.2, 0.25) is 0 Å². The zero-order chi connectivity index (χ0) is 15.2. The molecular formula is C17H18O4. The summed E-state index contributed by atoms with van der Waals surface area (Å²) in [5, 5.41) is 0. The van der Waals surface area contributed by atoms with Gasteiger partial charge in [-0.1, -0.05) is 29.8 Å². The van der Waals surface area contributed by atoms with E-state index in [2.05, 4.69) is 4.74 Å². The smallest absolute Gasteiger partial charge is 0.489 e. The molecule has 0 aliphatic rings. The van der Waals surface area contributed by atoms with E-state index in [4.69, 9.17) is 9.47 Å². The van der Waals surface area contributed by atoms with E-state index >= 15 is 0 Å². The van der Waals surface area contributed by atoms with Crippen molar-refractivity contribution in [2.45, 2.75) is 20.5 Å². The Morgan fingerprint density at radius 3 is 2.43 bits per heavy atom. The molecule has 0 unspecified atom stereocenters. The molecule has 0 aliphatic carbocycles. The van der Waals surface area contributed by atoms with Crippen molar-refractivity contribution in [1.29, 1.82) is 0 Å². The van der Waals surface area contributed by atoms with Gasteiger partial charge in [-0.15, -0.1) is 0 Å². The van der Waals surface area contributed by atoms with Crippen LogP contribution in [0.4, 0.5) is 4.79 Å². The molecule has 0 N–H and O–H groups in total. The van der Waals surface area contributed by atoms with Gasteiger partial charge in [0.15, 0.2) is 0 Å². The second-order valence-electron chi connectivity index (χ2n) is 4.71. The van der Waals surface area contributed by atoms with Crippen LogP contribution in [0.5, 0.6) is 11.5 Å². The molecule has 0 radical (unpaired) electrons. The lowest BCUT2D eigenvalue weighted by Crippen LogP contribution is -2.10. The number of benzene rings is 2. The highest BCUT2D eigenvalue weighted by molar-refractivity contribution is 5.64. The Morgan fingerprint density at radius 1 is 1.05 bits per heavy atom. The van der Waals surface area contributed by atoms with E-state index in [9.17, 15) is 4.79 Å². The summed E-state index contributed by atoms with van der Waals surface area (Å²) < 4.78 is 15.4. The van der Waals surface area contributed by atoms with Crippen molar-refractivity contribution in [3.8, 4) is 11.5 Å². The van der Waals surface area contributed by atoms with Crippen molar-refractivity contribution in [1.82, 2.24) is 0 Å². The molecule has 4 nitrogen and oxygen atoms in total. The van der Waals surface area contributed by atoms with Crippen molar-refractivity contribution in [3.05, 3.63) is 59.2 Å². The average molecular weight is 286 g/mol. The van der Waals surface area contributed by atoms with Crippen LogP contribution in [0.15, 0.2) is 42.5 Å². The number of hydrogen-bond acceptors (Lipinski definition) is 4. The summed E-state index contributed by atoms with van der Waals surface area (Å²) in [4.78, 5) is 11.3. The molecule has 0 aromatic heterocycles. The number of carbonyl (C=O) groups is 1. The van der Waals surface area contributed by atoms with Gasteiger partial charge in [0.05, 0.1) is 7.11 Å². The van der Waals surface area contributed by atoms with Gasteiger partial charge in [-0.3, -0.25) is 0 Å². The van der Waals surface area contributed by atoms with Crippen LogP contribution in [0.1, 0.15) is 16.7 Å². The summed E-state index contributed by atoms with van der Waals surface area (Å²) in [6.45, 7) is 4.29. The molecule has 0 saturated carbocycles. The second-order valence-corrected chi connectivity index (χ2v) is 4.71. The van der Waals surface area contributed by atoms with Crippen LogP contribution in [0.3, 0.4) is 0 Å². The van der Waals surface area contributed by atoms with Crippen molar-refractivity contribution >= 4 is 6.16 Å². The third-order valence-electron chi connectivity index (χ3n) is 3.13. The molecule has 0 spiro atoms. The standard InChI is InChI=1S/C17H18O4/c1-12-7-9-14(10-8-12)20-11-15-13(2)5-4-6-16(15)21-17(18)19-3/h4-10H,11H2,1-3H3. The largest absolute Gasteiger partial charge is 0.513 e. The van der Waals surface area contributed by atoms with Crippen LogP contribution in [-0.4, -0.2) is 13.3 Å². The van der Waals surface area contributed by atoms with E-state index in [0.29, 0.717) is 12.4 Å². The fraction of sp³-hybridized carbons (Fsp3) is 0.235. The minimum atomic E-state index is -0.739. The predicted octanol–water partition coefficient (Wildman–Crippen LogP) is 4.03. The lowest BCUT2D eigenvalue weighted by molar-refractivity contribution is 0.120. The monoisotopic (exact) mass is 286 g/mol. The fourth-order valence-corrected chi connectivity index (χ4v) is 1.88. The molecule has 2 rings (SSSR count). The first-order chi connectivity index (χ1) is 10.1. The second kappa shape index (κ2) is 6.79. The SMILES string of the molecule is COC(=O)Oc1cccc(C)c1COc1ccc(C)cc1. The molecule has 4 heteroatoms. The number of rotatable bonds is 4. The van der Waals surface area contributed by atoms with E-state index in [1.807, 2.05) is 50.2 Å². The number of carbonyl (C=O) groups excluding carboxylic acids is 1. The van der Waals surface area contributed by atoms with Crippen LogP contribution in [-0.2, 0) is 11.3 Å². The number of methoxy groups -OCH3 is 1. The number of aryl methyl sites for hydroxylation is 2. The first kappa shape index (κ1) is 14.9. The topological polar surface area (TPSA) is 44.8 Å². The van der Waals surface area contributed by atoms with Gasteiger partial charge in [-0.25, -0.2) is 4.79 Å². The number of ether oxygens (including phenoxy) is 3. The van der Waals surface area contributed by atoms with Gasteiger partial charge < -0.3 is 14.2 Å². The Labute approximate surface area is 124 Å². The van der Waals surface area contributed by atoms with Gasteiger partial charge in [0, 0.05) is 5.56 Å². The zero-order valence-corrected chi connectivity index (χ0v) is 12.4. The Hall–Kier alpha value is -2.49. The lowest BCUT2D eigenvalue weighted by Gasteiger charge is -2.13. The molecule has 0 fully saturated rings. The summed E-state index contributed by atoms with van der Waals surface area (Å²) in [6, 6.07) is 13.3. The first-order valence-corrected chi connectivity index (χ1v) is 6.64. The van der Waals surface area contributed by atoms with Crippen LogP contribution >= 0.6 is 0 Å². The molecule has 0 aliphatic heterocycles. The molecule has 0 amide bonds. The van der Waals surface area contributed by atoms with E-state index in [-0.39, 0.29) is 0 Å². The van der Waals surface area contributed by atoms with Crippen LogP contribution in [0.25, 0.3) is 0 Å². The third-order valence-corrected chi connectivity index (χ3v) is 3.13. The number of hydrogen-bond donors (Lipinski definition) is 0. The molecule has 110 valence electrons. The highest BCUT2D eigenvalue weighted by atomic mass is 16.7. The van der Waals surface area contributed by atoms with Crippen LogP contribution < -0.4 is 9.47 Å². The lowest BCUT2D eigenvalue weighted by atomic mass is 10.1. The molecule has 0 heterocycles.